The first-order chi connectivity index (χ1) is 12.4. The minimum atomic E-state index is -2.87. The molecule has 0 atom stereocenters. The number of carbonyl (C=O) groups excluding carboxylic acids is 1. The maximum Gasteiger partial charge on any atom is 0.472 e. The molecule has 0 unspecified atom stereocenters. The Morgan fingerprint density at radius 3 is 1.39 bits per heavy atom. The molecule has 0 N–H and O–H groups in total. The van der Waals surface area contributed by atoms with Crippen molar-refractivity contribution in [3.63, 3.8) is 0 Å². The highest BCUT2D eigenvalue weighted by molar-refractivity contribution is 6.90. The molecule has 1 fully saturated rings. The van der Waals surface area contributed by atoms with Crippen molar-refractivity contribution in [1.82, 2.24) is 0 Å². The van der Waals surface area contributed by atoms with Crippen LogP contribution in [-0.2, 0) is 21.9 Å². The lowest BCUT2D eigenvalue weighted by molar-refractivity contribution is -0.145. The Bertz CT molecular complexity index is 511. The number of ether oxygens (including phenoxy) is 1. The summed E-state index contributed by atoms with van der Waals surface area (Å²) in [5, 5.41) is 0. The second-order valence-electron chi connectivity index (χ2n) is 10.9. The SMILES string of the molecule is C=C(C)C(=O)OC1CCC([Si](O[Si](C)(C)C)(O[Si](C)(C)C)O[Si](C)(C)C)CC1. The Labute approximate surface area is 176 Å². The van der Waals surface area contributed by atoms with Gasteiger partial charge in [-0.3, -0.25) is 0 Å². The van der Waals surface area contributed by atoms with Crippen molar-refractivity contribution >= 4 is 39.7 Å². The molecule has 0 heterocycles. The highest BCUT2D eigenvalue weighted by Crippen LogP contribution is 2.43. The van der Waals surface area contributed by atoms with Gasteiger partial charge in [0.25, 0.3) is 0 Å². The van der Waals surface area contributed by atoms with Gasteiger partial charge in [-0.2, -0.15) is 0 Å². The van der Waals surface area contributed by atoms with Crippen LogP contribution in [0.1, 0.15) is 32.6 Å². The van der Waals surface area contributed by atoms with Crippen LogP contribution in [0.25, 0.3) is 0 Å². The maximum absolute atomic E-state index is 11.9. The van der Waals surface area contributed by atoms with E-state index in [0.29, 0.717) is 5.57 Å². The van der Waals surface area contributed by atoms with Crippen molar-refractivity contribution < 1.29 is 21.9 Å². The molecular formula is C19H42O5Si4. The van der Waals surface area contributed by atoms with Gasteiger partial charge in [-0.1, -0.05) is 6.58 Å². The lowest BCUT2D eigenvalue weighted by Gasteiger charge is -2.48. The van der Waals surface area contributed by atoms with Crippen molar-refractivity contribution in [2.75, 3.05) is 0 Å². The van der Waals surface area contributed by atoms with Crippen LogP contribution in [0.5, 0.6) is 0 Å². The molecule has 0 saturated heterocycles. The normalized spacial score (nSPS) is 22.1. The molecule has 1 aliphatic carbocycles. The van der Waals surface area contributed by atoms with Crippen LogP contribution in [0.3, 0.4) is 0 Å². The average molecular weight is 463 g/mol. The number of rotatable bonds is 9. The van der Waals surface area contributed by atoms with E-state index in [1.165, 1.54) is 0 Å². The van der Waals surface area contributed by atoms with Crippen molar-refractivity contribution in [2.45, 2.75) is 103 Å². The second kappa shape index (κ2) is 9.40. The number of carbonyl (C=O) groups is 1. The summed E-state index contributed by atoms with van der Waals surface area (Å²) in [7, 11) is -8.49. The zero-order valence-electron chi connectivity index (χ0n) is 19.7. The number of esters is 1. The summed E-state index contributed by atoms with van der Waals surface area (Å²) >= 11 is 0. The Kier molecular flexibility index (Phi) is 8.73. The molecule has 0 aliphatic heterocycles. The van der Waals surface area contributed by atoms with Gasteiger partial charge in [-0.15, -0.1) is 0 Å². The minimum Gasteiger partial charge on any atom is -0.459 e. The highest BCUT2D eigenvalue weighted by atomic mass is 28.5. The summed E-state index contributed by atoms with van der Waals surface area (Å²) < 4.78 is 26.2. The minimum absolute atomic E-state index is 0.0437. The summed E-state index contributed by atoms with van der Waals surface area (Å²) in [6.07, 6.45) is 3.45. The lowest BCUT2D eigenvalue weighted by Crippen LogP contribution is -2.63. The van der Waals surface area contributed by atoms with Gasteiger partial charge in [0.15, 0.2) is 25.0 Å². The first kappa shape index (κ1) is 26.0. The molecule has 1 aliphatic rings. The van der Waals surface area contributed by atoms with E-state index in [9.17, 15) is 4.79 Å². The third-order valence-electron chi connectivity index (χ3n) is 4.14. The highest BCUT2D eigenvalue weighted by Gasteiger charge is 2.56. The molecular weight excluding hydrogens is 421 g/mol. The third kappa shape index (κ3) is 9.18. The first-order valence-corrected chi connectivity index (χ1v) is 22.4. The van der Waals surface area contributed by atoms with Gasteiger partial charge in [0.2, 0.25) is 0 Å². The van der Waals surface area contributed by atoms with E-state index in [2.05, 4.69) is 65.5 Å². The molecule has 1 saturated carbocycles. The fraction of sp³-hybridized carbons (Fsp3) is 0.842. The van der Waals surface area contributed by atoms with E-state index in [1.807, 2.05) is 0 Å². The van der Waals surface area contributed by atoms with E-state index >= 15 is 0 Å². The van der Waals surface area contributed by atoms with Crippen LogP contribution in [0.2, 0.25) is 64.5 Å². The molecule has 0 radical (unpaired) electrons. The van der Waals surface area contributed by atoms with Gasteiger partial charge in [0.05, 0.1) is 0 Å². The van der Waals surface area contributed by atoms with E-state index in [0.717, 1.165) is 25.7 Å². The van der Waals surface area contributed by atoms with E-state index < -0.39 is 33.8 Å². The van der Waals surface area contributed by atoms with E-state index in [4.69, 9.17) is 17.1 Å². The van der Waals surface area contributed by atoms with Gasteiger partial charge < -0.3 is 17.1 Å². The van der Waals surface area contributed by atoms with Gasteiger partial charge in [0.1, 0.15) is 6.10 Å². The Morgan fingerprint density at radius 1 is 0.750 bits per heavy atom. The van der Waals surface area contributed by atoms with Gasteiger partial charge in [0, 0.05) is 11.1 Å². The molecule has 9 heteroatoms. The molecule has 28 heavy (non-hydrogen) atoms. The van der Waals surface area contributed by atoms with Crippen LogP contribution >= 0.6 is 0 Å². The predicted octanol–water partition coefficient (Wildman–Crippen LogP) is 5.91. The van der Waals surface area contributed by atoms with Crippen molar-refractivity contribution in [3.05, 3.63) is 12.2 Å². The van der Waals surface area contributed by atoms with E-state index in [1.54, 1.807) is 6.92 Å². The topological polar surface area (TPSA) is 54.0 Å². The largest absolute Gasteiger partial charge is 0.472 e. The molecule has 0 aromatic rings. The molecule has 0 aromatic carbocycles. The zero-order valence-corrected chi connectivity index (χ0v) is 23.7. The van der Waals surface area contributed by atoms with Crippen molar-refractivity contribution in [3.8, 4) is 0 Å². The Hall–Kier alpha value is -0.0425. The van der Waals surface area contributed by atoms with Gasteiger partial charge in [-0.05, 0) is 91.5 Å². The fourth-order valence-electron chi connectivity index (χ4n) is 3.38. The van der Waals surface area contributed by atoms with Crippen LogP contribution < -0.4 is 0 Å². The summed E-state index contributed by atoms with van der Waals surface area (Å²) in [4.78, 5) is 11.9. The molecule has 0 spiro atoms. The molecule has 5 nitrogen and oxygen atoms in total. The molecule has 1 rings (SSSR count). The van der Waals surface area contributed by atoms with Crippen molar-refractivity contribution in [2.24, 2.45) is 0 Å². The van der Waals surface area contributed by atoms with Gasteiger partial charge in [-0.25, -0.2) is 4.79 Å². The summed E-state index contributed by atoms with van der Waals surface area (Å²) in [5.41, 5.74) is 0.731. The van der Waals surface area contributed by atoms with Crippen LogP contribution in [-0.4, -0.2) is 45.8 Å². The molecule has 0 amide bonds. The zero-order chi connectivity index (χ0) is 22.0. The predicted molar refractivity (Wildman–Crippen MR) is 126 cm³/mol. The Morgan fingerprint density at radius 2 is 1.11 bits per heavy atom. The standard InChI is InChI=1S/C19H42O5Si4/c1-16(2)19(20)21-17-12-14-18(15-13-17)28(22-25(3,4)5,23-26(6,7)8)24-27(9,10)11/h17-18H,1,12-15H2,2-11H3. The summed E-state index contributed by atoms with van der Waals surface area (Å²) in [6, 6.07) is 0. The summed E-state index contributed by atoms with van der Waals surface area (Å²) in [5.74, 6) is -0.290. The second-order valence-corrected chi connectivity index (χ2v) is 28.1. The van der Waals surface area contributed by atoms with Crippen LogP contribution in [0.4, 0.5) is 0 Å². The van der Waals surface area contributed by atoms with Gasteiger partial charge >= 0.3 is 14.8 Å². The number of hydrogen-bond acceptors (Lipinski definition) is 5. The summed E-state index contributed by atoms with van der Waals surface area (Å²) in [6.45, 7) is 25.3. The first-order valence-electron chi connectivity index (χ1n) is 10.4. The third-order valence-corrected chi connectivity index (χ3v) is 16.5. The van der Waals surface area contributed by atoms with Crippen molar-refractivity contribution in [1.29, 1.82) is 0 Å². The van der Waals surface area contributed by atoms with E-state index in [-0.39, 0.29) is 17.6 Å². The average Bonchev–Trinajstić information content (AvgIpc) is 2.41. The maximum atomic E-state index is 11.9. The number of hydrogen-bond donors (Lipinski definition) is 0. The Balaban J connectivity index is 3.10. The molecule has 0 aromatic heterocycles. The fourth-order valence-corrected chi connectivity index (χ4v) is 18.3. The quantitative estimate of drug-likeness (QED) is 0.242. The lowest BCUT2D eigenvalue weighted by atomic mass is 9.97. The smallest absolute Gasteiger partial charge is 0.459 e. The van der Waals surface area contributed by atoms with Crippen LogP contribution in [0, 0.1) is 0 Å². The molecule has 164 valence electrons. The monoisotopic (exact) mass is 462 g/mol. The molecule has 0 bridgehead atoms. The van der Waals surface area contributed by atoms with Crippen LogP contribution in [0.15, 0.2) is 12.2 Å².